The molecule has 1 aromatic rings. The highest BCUT2D eigenvalue weighted by Crippen LogP contribution is 2.27. The summed E-state index contributed by atoms with van der Waals surface area (Å²) in [5.41, 5.74) is 17.3. The predicted octanol–water partition coefficient (Wildman–Crippen LogP) is 7.53. The van der Waals surface area contributed by atoms with E-state index in [1.54, 1.807) is 31.2 Å². The lowest BCUT2D eigenvalue weighted by molar-refractivity contribution is -0.193. The number of cyclic esters (lactones) is 1. The Balaban J connectivity index is -0.000000134. The lowest BCUT2D eigenvalue weighted by Gasteiger charge is -2.20. The van der Waals surface area contributed by atoms with Crippen molar-refractivity contribution in [2.24, 2.45) is 21.7 Å². The zero-order valence-electron chi connectivity index (χ0n) is 30.1. The molecule has 0 saturated heterocycles. The Morgan fingerprint density at radius 3 is 1.86 bits per heavy atom. The van der Waals surface area contributed by atoms with E-state index in [2.05, 4.69) is 51.8 Å². The number of hydrogen-bond acceptors (Lipinski definition) is 13. The molecule has 0 aromatic heterocycles. The first-order chi connectivity index (χ1) is 23.6. The summed E-state index contributed by atoms with van der Waals surface area (Å²) in [7, 11) is -1.45. The first kappa shape index (κ1) is 54.3. The standard InChI is InChI=1S/C13H25N3O2.C8H6O3.C4H8.C3H9N3Si.3CO2.CH4/c1-4-11(7-8-13(17)18-6-3)9-12(5-2)10-15-16-14;9-7-5-3-1-2-4-6(5)8(10)11-7;1-3-4-2;1-7(2,3)6-5-4;3*2-1-3;/h11-12H,4-10H2,1-3H3;1-4,7,9H;3H,1,4H2,2H3;1-3H3;;;;1H4/i8D;;;;;;;. The number of carbonyl (C=O) groups excluding carboxylic acids is 8. The van der Waals surface area contributed by atoms with Crippen LogP contribution >= 0.6 is 0 Å². The normalized spacial score (nSPS) is 12.8. The van der Waals surface area contributed by atoms with Crippen LogP contribution < -0.4 is 0 Å². The highest BCUT2D eigenvalue weighted by Gasteiger charge is 2.28. The van der Waals surface area contributed by atoms with Crippen molar-refractivity contribution in [2.45, 2.75) is 99.6 Å². The second-order valence-electron chi connectivity index (χ2n) is 10.0. The van der Waals surface area contributed by atoms with Gasteiger partial charge in [-0.2, -0.15) is 28.8 Å². The van der Waals surface area contributed by atoms with E-state index in [4.69, 9.17) is 51.0 Å². The Labute approximate surface area is 296 Å². The van der Waals surface area contributed by atoms with Crippen molar-refractivity contribution in [3.8, 4) is 0 Å². The number of aliphatic hydroxyl groups excluding tert-OH is 1. The number of esters is 2. The van der Waals surface area contributed by atoms with E-state index in [0.29, 0.717) is 42.5 Å². The second-order valence-corrected chi connectivity index (χ2v) is 14.6. The van der Waals surface area contributed by atoms with Gasteiger partial charge in [-0.05, 0) is 60.1 Å². The molecular formula is C32H52N6O11Si. The molecule has 0 bridgehead atoms. The highest BCUT2D eigenvalue weighted by molar-refractivity contribution is 6.74. The van der Waals surface area contributed by atoms with Gasteiger partial charge in [-0.25, -0.2) is 4.79 Å². The van der Waals surface area contributed by atoms with Gasteiger partial charge in [0.2, 0.25) is 6.29 Å². The predicted molar refractivity (Wildman–Crippen MR) is 184 cm³/mol. The summed E-state index contributed by atoms with van der Waals surface area (Å²) in [6.07, 6.45) is 5.10. The van der Waals surface area contributed by atoms with E-state index in [0.717, 1.165) is 25.7 Å². The molecule has 0 amide bonds. The number of nitrogens with zero attached hydrogens (tertiary/aromatic N) is 6. The molecule has 1 N–H and O–H groups in total. The van der Waals surface area contributed by atoms with Crippen LogP contribution in [0.3, 0.4) is 0 Å². The third-order valence-electron chi connectivity index (χ3n) is 5.43. The molecule has 0 fully saturated rings. The largest absolute Gasteiger partial charge is 0.466 e. The maximum atomic E-state index is 11.4. The fourth-order valence-electron chi connectivity index (χ4n) is 3.15. The molecule has 1 aliphatic heterocycles. The minimum Gasteiger partial charge on any atom is -0.466 e. The summed E-state index contributed by atoms with van der Waals surface area (Å²) < 4.78 is 20.8. The van der Waals surface area contributed by atoms with Crippen LogP contribution in [-0.2, 0) is 43.0 Å². The van der Waals surface area contributed by atoms with Gasteiger partial charge in [0.25, 0.3) is 0 Å². The van der Waals surface area contributed by atoms with E-state index in [-0.39, 0.29) is 25.9 Å². The third kappa shape index (κ3) is 40.9. The van der Waals surface area contributed by atoms with Crippen LogP contribution in [0.25, 0.3) is 20.9 Å². The number of azide groups is 2. The maximum Gasteiger partial charge on any atom is 0.373 e. The lowest BCUT2D eigenvalue weighted by Crippen LogP contribution is -2.13. The molecule has 1 heterocycles. The molecular weight excluding hydrogens is 672 g/mol. The zero-order valence-corrected chi connectivity index (χ0v) is 30.1. The Bertz CT molecular complexity index is 1250. The fourth-order valence-corrected chi connectivity index (χ4v) is 3.42. The lowest BCUT2D eigenvalue weighted by atomic mass is 9.88. The Morgan fingerprint density at radius 2 is 1.52 bits per heavy atom. The molecule has 2 rings (SSSR count). The van der Waals surface area contributed by atoms with Crippen LogP contribution in [0.15, 0.2) is 46.8 Å². The molecule has 4 atom stereocenters. The van der Waals surface area contributed by atoms with Gasteiger partial charge in [0.05, 0.1) is 12.2 Å². The zero-order chi connectivity index (χ0) is 40.0. The molecule has 0 spiro atoms. The van der Waals surface area contributed by atoms with Crippen molar-refractivity contribution >= 4 is 38.6 Å². The van der Waals surface area contributed by atoms with E-state index < -0.39 is 32.9 Å². The van der Waals surface area contributed by atoms with Gasteiger partial charge in [0.15, 0.2) is 0 Å². The van der Waals surface area contributed by atoms with Crippen LogP contribution in [-0.4, -0.2) is 56.9 Å². The molecule has 17 nitrogen and oxygen atoms in total. The van der Waals surface area contributed by atoms with Gasteiger partial charge < -0.3 is 14.6 Å². The molecule has 0 saturated carbocycles. The molecule has 4 unspecified atom stereocenters. The summed E-state index contributed by atoms with van der Waals surface area (Å²) in [6, 6.07) is 6.79. The number of hydrogen-bond donors (Lipinski definition) is 1. The maximum absolute atomic E-state index is 11.4. The minimum atomic E-state index is -1.45. The van der Waals surface area contributed by atoms with Crippen molar-refractivity contribution in [1.82, 2.24) is 0 Å². The topological polar surface area (TPSA) is 273 Å². The minimum absolute atomic E-state index is 0. The van der Waals surface area contributed by atoms with E-state index in [1.165, 1.54) is 0 Å². The molecule has 1 aromatic carbocycles. The first-order valence-electron chi connectivity index (χ1n) is 15.4. The Hall–Kier alpha value is -5.16. The monoisotopic (exact) mass is 725 g/mol. The van der Waals surface area contributed by atoms with Crippen LogP contribution in [0.2, 0.25) is 19.6 Å². The number of rotatable bonds is 12. The van der Waals surface area contributed by atoms with Gasteiger partial charge in [-0.1, -0.05) is 90.1 Å². The summed E-state index contributed by atoms with van der Waals surface area (Å²) >= 11 is 0. The number of aliphatic hydroxyl groups is 1. The van der Waals surface area contributed by atoms with Crippen LogP contribution in [0, 0.1) is 11.8 Å². The second kappa shape index (κ2) is 41.9. The van der Waals surface area contributed by atoms with E-state index >= 15 is 0 Å². The summed E-state index contributed by atoms with van der Waals surface area (Å²) in [4.78, 5) is 76.6. The average Bonchev–Trinajstić information content (AvgIpc) is 3.36. The van der Waals surface area contributed by atoms with Crippen LogP contribution in [0.4, 0.5) is 0 Å². The van der Waals surface area contributed by atoms with Gasteiger partial charge in [-0.15, -0.1) is 11.4 Å². The highest BCUT2D eigenvalue weighted by atomic mass is 28.3. The SMILES string of the molecule is C.C=CCC.C[Si](C)(C)N=[N+]=[N-].O=C1OC(O)c2ccccc21.O=C=O.O=C=O.O=C=O.[2H]C(CC(CC)CC(CC)CN=[N+]=[N-])C(=O)OCC. The van der Waals surface area contributed by atoms with Crippen molar-refractivity contribution in [3.63, 3.8) is 0 Å². The molecule has 18 heteroatoms. The number of ether oxygens (including phenoxy) is 2. The van der Waals surface area contributed by atoms with E-state index in [1.807, 2.05) is 25.7 Å². The molecule has 1 aliphatic rings. The van der Waals surface area contributed by atoms with Gasteiger partial charge in [0, 0.05) is 24.8 Å². The number of fused-ring (bicyclic) bond motifs is 1. The van der Waals surface area contributed by atoms with Gasteiger partial charge in [-0.3, -0.25) is 4.79 Å². The van der Waals surface area contributed by atoms with E-state index in [9.17, 15) is 9.59 Å². The fraction of sp³-hybridized carbons (Fsp3) is 0.594. The number of carbonyl (C=O) groups is 2. The smallest absolute Gasteiger partial charge is 0.373 e. The number of benzene rings is 1. The Kier molecular flexibility index (Phi) is 45.5. The average molecular weight is 726 g/mol. The van der Waals surface area contributed by atoms with Crippen LogP contribution in [0.5, 0.6) is 0 Å². The van der Waals surface area contributed by atoms with Crippen molar-refractivity contribution in [2.75, 3.05) is 13.2 Å². The first-order valence-corrected chi connectivity index (χ1v) is 18.3. The Morgan fingerprint density at radius 1 is 1.04 bits per heavy atom. The van der Waals surface area contributed by atoms with Crippen molar-refractivity contribution < 1.29 is 54.3 Å². The summed E-state index contributed by atoms with van der Waals surface area (Å²) in [5.74, 6) is -0.266. The van der Waals surface area contributed by atoms with Gasteiger partial charge in [0.1, 0.15) is 8.24 Å². The molecule has 0 aliphatic carbocycles. The number of allylic oxidation sites excluding steroid dienone is 1. The molecule has 50 heavy (non-hydrogen) atoms. The quantitative estimate of drug-likeness (QED) is 0.0549. The summed E-state index contributed by atoms with van der Waals surface area (Å²) in [6.45, 7) is 18.2. The van der Waals surface area contributed by atoms with Crippen molar-refractivity contribution in [1.29, 1.82) is 0 Å². The summed E-state index contributed by atoms with van der Waals surface area (Å²) in [5, 5.41) is 12.7. The third-order valence-corrected chi connectivity index (χ3v) is 6.12. The van der Waals surface area contributed by atoms with Crippen LogP contribution in [0.1, 0.15) is 97.2 Å². The van der Waals surface area contributed by atoms with Crippen molar-refractivity contribution in [3.05, 3.63) is 68.9 Å². The van der Waals surface area contributed by atoms with Gasteiger partial charge >= 0.3 is 30.4 Å². The molecule has 0 radical (unpaired) electrons. The molecule has 280 valence electrons.